The highest BCUT2D eigenvalue weighted by atomic mass is 16.3. The Morgan fingerprint density at radius 3 is 2.86 bits per heavy atom. The first-order chi connectivity index (χ1) is 10.2. The first-order valence-electron chi connectivity index (χ1n) is 7.96. The minimum absolute atomic E-state index is 0.0353. The maximum absolute atomic E-state index is 12.2. The SMILES string of the molecule is CCc1cccc(NC(=O)CN(CCCO)C2CCC2)c1. The van der Waals surface area contributed by atoms with Crippen molar-refractivity contribution in [1.82, 2.24) is 4.90 Å². The molecule has 1 aliphatic carbocycles. The number of carbonyl (C=O) groups is 1. The molecule has 0 spiro atoms. The number of anilines is 1. The molecule has 1 fully saturated rings. The maximum Gasteiger partial charge on any atom is 0.238 e. The number of nitrogens with zero attached hydrogens (tertiary/aromatic N) is 1. The molecule has 0 heterocycles. The minimum Gasteiger partial charge on any atom is -0.396 e. The van der Waals surface area contributed by atoms with E-state index in [1.54, 1.807) is 0 Å². The third-order valence-corrected chi connectivity index (χ3v) is 4.16. The van der Waals surface area contributed by atoms with Crippen LogP contribution in [0.25, 0.3) is 0 Å². The Hall–Kier alpha value is -1.39. The quantitative estimate of drug-likeness (QED) is 0.773. The zero-order valence-electron chi connectivity index (χ0n) is 12.8. The molecular formula is C17H26N2O2. The fraction of sp³-hybridized carbons (Fsp3) is 0.588. The van der Waals surface area contributed by atoms with E-state index in [-0.39, 0.29) is 12.5 Å². The highest BCUT2D eigenvalue weighted by Gasteiger charge is 2.25. The van der Waals surface area contributed by atoms with E-state index in [2.05, 4.69) is 23.2 Å². The Labute approximate surface area is 127 Å². The summed E-state index contributed by atoms with van der Waals surface area (Å²) in [6, 6.07) is 8.52. The fourth-order valence-electron chi connectivity index (χ4n) is 2.67. The summed E-state index contributed by atoms with van der Waals surface area (Å²) in [7, 11) is 0. The molecule has 0 aliphatic heterocycles. The molecule has 2 rings (SSSR count). The molecule has 4 heteroatoms. The van der Waals surface area contributed by atoms with Crippen molar-refractivity contribution in [3.63, 3.8) is 0 Å². The van der Waals surface area contributed by atoms with Gasteiger partial charge in [-0.05, 0) is 43.4 Å². The molecule has 1 aromatic rings. The van der Waals surface area contributed by atoms with Gasteiger partial charge in [0.2, 0.25) is 5.91 Å². The molecule has 0 bridgehead atoms. The molecule has 21 heavy (non-hydrogen) atoms. The standard InChI is InChI=1S/C17H26N2O2/c1-2-14-6-3-7-15(12-14)18-17(21)13-19(10-5-11-20)16-8-4-9-16/h3,6-7,12,16,20H,2,4-5,8-11,13H2,1H3,(H,18,21). The number of aliphatic hydroxyl groups excluding tert-OH is 1. The van der Waals surface area contributed by atoms with Gasteiger partial charge >= 0.3 is 0 Å². The highest BCUT2D eigenvalue weighted by Crippen LogP contribution is 2.24. The summed E-state index contributed by atoms with van der Waals surface area (Å²) in [6.07, 6.45) is 5.29. The van der Waals surface area contributed by atoms with Gasteiger partial charge in [0.15, 0.2) is 0 Å². The second-order valence-corrected chi connectivity index (χ2v) is 5.73. The number of benzene rings is 1. The number of aryl methyl sites for hydroxylation is 1. The zero-order chi connectivity index (χ0) is 15.1. The molecule has 0 unspecified atom stereocenters. The van der Waals surface area contributed by atoms with Gasteiger partial charge < -0.3 is 10.4 Å². The third-order valence-electron chi connectivity index (χ3n) is 4.16. The van der Waals surface area contributed by atoms with E-state index in [4.69, 9.17) is 5.11 Å². The number of hydrogen-bond donors (Lipinski definition) is 2. The summed E-state index contributed by atoms with van der Waals surface area (Å²) in [5.41, 5.74) is 2.10. The molecule has 0 saturated heterocycles. The third kappa shape index (κ3) is 4.83. The first kappa shape index (κ1) is 16.0. The predicted molar refractivity (Wildman–Crippen MR) is 85.4 cm³/mol. The van der Waals surface area contributed by atoms with Gasteiger partial charge in [0, 0.05) is 24.9 Å². The lowest BCUT2D eigenvalue weighted by Crippen LogP contribution is -2.45. The summed E-state index contributed by atoms with van der Waals surface area (Å²) < 4.78 is 0. The van der Waals surface area contributed by atoms with Crippen LogP contribution in [-0.2, 0) is 11.2 Å². The largest absolute Gasteiger partial charge is 0.396 e. The first-order valence-corrected chi connectivity index (χ1v) is 7.96. The van der Waals surface area contributed by atoms with E-state index in [0.29, 0.717) is 12.6 Å². The lowest BCUT2D eigenvalue weighted by Gasteiger charge is -2.37. The normalized spacial score (nSPS) is 15.0. The number of nitrogens with one attached hydrogen (secondary N) is 1. The lowest BCUT2D eigenvalue weighted by atomic mass is 9.91. The molecule has 1 aliphatic rings. The molecule has 4 nitrogen and oxygen atoms in total. The maximum atomic E-state index is 12.2. The Morgan fingerprint density at radius 2 is 2.24 bits per heavy atom. The van der Waals surface area contributed by atoms with Gasteiger partial charge in [-0.1, -0.05) is 25.5 Å². The average molecular weight is 290 g/mol. The molecule has 2 N–H and O–H groups in total. The van der Waals surface area contributed by atoms with E-state index in [1.165, 1.54) is 24.8 Å². The van der Waals surface area contributed by atoms with E-state index in [1.807, 2.05) is 18.2 Å². The smallest absolute Gasteiger partial charge is 0.238 e. The summed E-state index contributed by atoms with van der Waals surface area (Å²) in [4.78, 5) is 14.4. The lowest BCUT2D eigenvalue weighted by molar-refractivity contribution is -0.118. The van der Waals surface area contributed by atoms with Crippen molar-refractivity contribution in [1.29, 1.82) is 0 Å². The Morgan fingerprint density at radius 1 is 1.43 bits per heavy atom. The van der Waals surface area contributed by atoms with Crippen LogP contribution < -0.4 is 5.32 Å². The van der Waals surface area contributed by atoms with Gasteiger partial charge in [0.25, 0.3) is 0 Å². The van der Waals surface area contributed by atoms with Gasteiger partial charge in [-0.2, -0.15) is 0 Å². The Bertz CT molecular complexity index is 458. The van der Waals surface area contributed by atoms with Crippen LogP contribution in [0.1, 0.15) is 38.2 Å². The van der Waals surface area contributed by atoms with Crippen molar-refractivity contribution < 1.29 is 9.90 Å². The second-order valence-electron chi connectivity index (χ2n) is 5.73. The van der Waals surface area contributed by atoms with Crippen molar-refractivity contribution in [2.75, 3.05) is 25.0 Å². The topological polar surface area (TPSA) is 52.6 Å². The molecule has 0 atom stereocenters. The Kier molecular flexibility index (Phi) is 6.21. The van der Waals surface area contributed by atoms with Crippen LogP contribution in [0.4, 0.5) is 5.69 Å². The van der Waals surface area contributed by atoms with Crippen molar-refractivity contribution >= 4 is 11.6 Å². The molecule has 1 amide bonds. The zero-order valence-corrected chi connectivity index (χ0v) is 12.8. The van der Waals surface area contributed by atoms with Gasteiger partial charge in [-0.3, -0.25) is 9.69 Å². The summed E-state index contributed by atoms with van der Waals surface area (Å²) in [6.45, 7) is 3.50. The number of carbonyl (C=O) groups excluding carboxylic acids is 1. The van der Waals surface area contributed by atoms with Crippen LogP contribution in [0.3, 0.4) is 0 Å². The van der Waals surface area contributed by atoms with Crippen LogP contribution in [0.5, 0.6) is 0 Å². The number of aliphatic hydroxyl groups is 1. The summed E-state index contributed by atoms with van der Waals surface area (Å²) >= 11 is 0. The number of rotatable bonds is 8. The van der Waals surface area contributed by atoms with Crippen molar-refractivity contribution in [2.45, 2.75) is 45.1 Å². The monoisotopic (exact) mass is 290 g/mol. The predicted octanol–water partition coefficient (Wildman–Crippen LogP) is 2.42. The minimum atomic E-state index is 0.0353. The van der Waals surface area contributed by atoms with Gasteiger partial charge in [-0.25, -0.2) is 0 Å². The van der Waals surface area contributed by atoms with E-state index < -0.39 is 0 Å². The molecule has 0 radical (unpaired) electrons. The van der Waals surface area contributed by atoms with E-state index >= 15 is 0 Å². The van der Waals surface area contributed by atoms with Gasteiger partial charge in [0.1, 0.15) is 0 Å². The fourth-order valence-corrected chi connectivity index (χ4v) is 2.67. The van der Waals surface area contributed by atoms with Gasteiger partial charge in [0.05, 0.1) is 6.54 Å². The molecule has 0 aromatic heterocycles. The number of amides is 1. The van der Waals surface area contributed by atoms with Crippen LogP contribution in [0.2, 0.25) is 0 Å². The molecule has 1 aromatic carbocycles. The van der Waals surface area contributed by atoms with Gasteiger partial charge in [-0.15, -0.1) is 0 Å². The highest BCUT2D eigenvalue weighted by molar-refractivity contribution is 5.92. The number of hydrogen-bond acceptors (Lipinski definition) is 3. The average Bonchev–Trinajstić information content (AvgIpc) is 2.43. The van der Waals surface area contributed by atoms with Crippen molar-refractivity contribution in [3.05, 3.63) is 29.8 Å². The van der Waals surface area contributed by atoms with E-state index in [0.717, 1.165) is 25.1 Å². The Balaban J connectivity index is 1.88. The second kappa shape index (κ2) is 8.15. The summed E-state index contributed by atoms with van der Waals surface area (Å²) in [5.74, 6) is 0.0353. The van der Waals surface area contributed by atoms with Crippen LogP contribution in [0, 0.1) is 0 Å². The van der Waals surface area contributed by atoms with Crippen LogP contribution in [0.15, 0.2) is 24.3 Å². The van der Waals surface area contributed by atoms with E-state index in [9.17, 15) is 4.79 Å². The molecule has 1 saturated carbocycles. The van der Waals surface area contributed by atoms with Crippen molar-refractivity contribution in [2.24, 2.45) is 0 Å². The molecule has 116 valence electrons. The van der Waals surface area contributed by atoms with Crippen LogP contribution >= 0.6 is 0 Å². The summed E-state index contributed by atoms with van der Waals surface area (Å²) in [5, 5.41) is 12.0. The molecular weight excluding hydrogens is 264 g/mol. The van der Waals surface area contributed by atoms with Crippen LogP contribution in [-0.4, -0.2) is 41.7 Å². The van der Waals surface area contributed by atoms with Crippen molar-refractivity contribution in [3.8, 4) is 0 Å².